The molecule has 0 unspecified atom stereocenters. The minimum absolute atomic E-state index is 1.58. The predicted octanol–water partition coefficient (Wildman–Crippen LogP) is -1.71. The van der Waals surface area contributed by atoms with Crippen LogP contribution in [0.1, 0.15) is 0 Å². The van der Waals surface area contributed by atoms with E-state index in [0.29, 0.717) is 0 Å². The van der Waals surface area contributed by atoms with Gasteiger partial charge in [-0.1, -0.05) is 0 Å². The Morgan fingerprint density at radius 3 is 1.38 bits per heavy atom. The predicted molar refractivity (Wildman–Crippen MR) is 34.8 cm³/mol. The van der Waals surface area contributed by atoms with Gasteiger partial charge in [-0.05, 0) is 0 Å². The molecule has 0 amide bonds. The average Bonchev–Trinajstić information content (AvgIpc) is 2.14. The van der Waals surface area contributed by atoms with Gasteiger partial charge in [-0.15, -0.1) is 0 Å². The average molecular weight is 222 g/mol. The first-order valence-corrected chi connectivity index (χ1v) is 4.36. The molecule has 68 valence electrons. The van der Waals surface area contributed by atoms with E-state index in [1.807, 2.05) is 0 Å². The highest BCUT2D eigenvalue weighted by atomic mass is 28.3. The summed E-state index contributed by atoms with van der Waals surface area (Å²) < 4.78 is 26.5. The van der Waals surface area contributed by atoms with Gasteiger partial charge in [-0.3, -0.25) is 9.59 Å². The van der Waals surface area contributed by atoms with Crippen molar-refractivity contribution in [3.8, 4) is 0 Å². The first-order chi connectivity index (χ1) is 6.02. The zero-order valence-corrected chi connectivity index (χ0v) is 7.80. The van der Waals surface area contributed by atoms with Gasteiger partial charge in [-0.25, -0.2) is 9.59 Å². The lowest BCUT2D eigenvalue weighted by Gasteiger charge is -1.95. The van der Waals surface area contributed by atoms with Gasteiger partial charge in [0.15, 0.2) is 0 Å². The molecule has 0 rings (SSSR count). The van der Waals surface area contributed by atoms with Crippen molar-refractivity contribution in [2.45, 2.75) is 0 Å². The number of carbonyl (C=O) groups excluding carboxylic acids is 4. The van der Waals surface area contributed by atoms with E-state index in [9.17, 15) is 27.4 Å². The summed E-state index contributed by atoms with van der Waals surface area (Å²) in [5, 5.41) is -3.16. The van der Waals surface area contributed by atoms with E-state index in [2.05, 4.69) is 4.74 Å². The van der Waals surface area contributed by atoms with Gasteiger partial charge in [0, 0.05) is 0 Å². The van der Waals surface area contributed by atoms with Crippen molar-refractivity contribution in [2.24, 2.45) is 0 Å². The second kappa shape index (κ2) is 5.42. The minimum Gasteiger partial charge on any atom is -0.382 e. The first kappa shape index (κ1) is 11.8. The molecule has 0 aliphatic rings. The number of carbonyl (C=O) groups is 4. The fourth-order valence-electron chi connectivity index (χ4n) is 0.254. The standard InChI is InChI=1S/C4F2O5Si2/c5-12-3(9)1(7)11-2(8)4(10)13-6. The Kier molecular flexibility index (Phi) is 4.91. The largest absolute Gasteiger partial charge is 0.393 e. The lowest BCUT2D eigenvalue weighted by molar-refractivity contribution is -0.164. The first-order valence-electron chi connectivity index (χ1n) is 2.60. The molecule has 0 atom stereocenters. The van der Waals surface area contributed by atoms with Crippen LogP contribution in [0.2, 0.25) is 0 Å². The Hall–Kier alpha value is -1.23. The summed E-state index contributed by atoms with van der Waals surface area (Å²) in [6.07, 6.45) is 0. The molecule has 0 aromatic rings. The monoisotopic (exact) mass is 222 g/mol. The van der Waals surface area contributed by atoms with Crippen LogP contribution in [0.4, 0.5) is 8.22 Å². The van der Waals surface area contributed by atoms with Crippen molar-refractivity contribution in [3.05, 3.63) is 0 Å². The smallest absolute Gasteiger partial charge is 0.382 e. The van der Waals surface area contributed by atoms with Crippen LogP contribution < -0.4 is 0 Å². The molecule has 0 fully saturated rings. The van der Waals surface area contributed by atoms with Crippen molar-refractivity contribution >= 4 is 42.5 Å². The van der Waals surface area contributed by atoms with Gasteiger partial charge in [0.05, 0.1) is 0 Å². The van der Waals surface area contributed by atoms with Crippen LogP contribution in [-0.4, -0.2) is 42.5 Å². The summed E-state index contributed by atoms with van der Waals surface area (Å²) in [6, 6.07) is 0. The number of rotatable bonds is 4. The van der Waals surface area contributed by atoms with E-state index in [1.165, 1.54) is 0 Å². The Balaban J connectivity index is 4.15. The fourth-order valence-corrected chi connectivity index (χ4v) is 0.510. The second-order valence-electron chi connectivity index (χ2n) is 1.52. The zero-order valence-electron chi connectivity index (χ0n) is 5.80. The van der Waals surface area contributed by atoms with E-state index >= 15 is 0 Å². The number of esters is 2. The van der Waals surface area contributed by atoms with Crippen molar-refractivity contribution in [1.29, 1.82) is 0 Å². The molecule has 4 radical (unpaired) electrons. The van der Waals surface area contributed by atoms with E-state index in [-0.39, 0.29) is 0 Å². The minimum atomic E-state index is -1.86. The van der Waals surface area contributed by atoms with Crippen LogP contribution in [0, 0.1) is 0 Å². The van der Waals surface area contributed by atoms with Gasteiger partial charge in [-0.2, -0.15) is 0 Å². The molecule has 0 saturated carbocycles. The molecule has 5 nitrogen and oxygen atoms in total. The molecular weight excluding hydrogens is 222 g/mol. The Bertz CT molecular complexity index is 239. The van der Waals surface area contributed by atoms with Crippen LogP contribution in [0.15, 0.2) is 0 Å². The molecule has 0 N–H and O–H groups in total. The number of ether oxygens (including phenoxy) is 1. The van der Waals surface area contributed by atoms with Crippen LogP contribution in [0.3, 0.4) is 0 Å². The molecule has 0 aromatic heterocycles. The zero-order chi connectivity index (χ0) is 10.4. The Labute approximate surface area is 75.4 Å². The summed E-state index contributed by atoms with van der Waals surface area (Å²) in [5.74, 6) is -3.59. The SMILES string of the molecule is O=C(OC(=O)C(=O)[Si]F)C(=O)[Si]F. The second-order valence-corrected chi connectivity index (χ2v) is 2.81. The molecule has 0 aliphatic carbocycles. The molecule has 0 bridgehead atoms. The summed E-state index contributed by atoms with van der Waals surface area (Å²) in [6.45, 7) is 0. The van der Waals surface area contributed by atoms with Crippen molar-refractivity contribution < 1.29 is 32.1 Å². The van der Waals surface area contributed by atoms with Crippen LogP contribution in [-0.2, 0) is 23.9 Å². The highest BCUT2D eigenvalue weighted by Crippen LogP contribution is 1.85. The Morgan fingerprint density at radius 2 is 1.15 bits per heavy atom. The van der Waals surface area contributed by atoms with Gasteiger partial charge < -0.3 is 13.0 Å². The fraction of sp³-hybridized carbons (Fsp3) is 0. The highest BCUT2D eigenvalue weighted by Gasteiger charge is 2.25. The topological polar surface area (TPSA) is 77.5 Å². The maximum Gasteiger partial charge on any atom is 0.393 e. The van der Waals surface area contributed by atoms with Crippen molar-refractivity contribution in [1.82, 2.24) is 0 Å². The lowest BCUT2D eigenvalue weighted by Crippen LogP contribution is -2.29. The van der Waals surface area contributed by atoms with E-state index < -0.39 is 42.5 Å². The quantitative estimate of drug-likeness (QED) is 0.186. The van der Waals surface area contributed by atoms with Crippen LogP contribution in [0.5, 0.6) is 0 Å². The van der Waals surface area contributed by atoms with Crippen LogP contribution >= 0.6 is 0 Å². The van der Waals surface area contributed by atoms with Crippen molar-refractivity contribution in [3.63, 3.8) is 0 Å². The maximum atomic E-state index is 11.5. The van der Waals surface area contributed by atoms with E-state index in [1.54, 1.807) is 0 Å². The third-order valence-electron chi connectivity index (χ3n) is 0.728. The normalized spacial score (nSPS) is 9.08. The molecule has 0 aromatic carbocycles. The molecule has 9 heteroatoms. The van der Waals surface area contributed by atoms with Gasteiger partial charge in [0.2, 0.25) is 0 Å². The lowest BCUT2D eigenvalue weighted by atomic mass is 10.7. The number of hydrogen-bond acceptors (Lipinski definition) is 5. The van der Waals surface area contributed by atoms with Crippen LogP contribution in [0.25, 0.3) is 0 Å². The summed E-state index contributed by atoms with van der Waals surface area (Å²) in [5.41, 5.74) is 0. The summed E-state index contributed by atoms with van der Waals surface area (Å²) >= 11 is 0. The molecule has 13 heavy (non-hydrogen) atoms. The van der Waals surface area contributed by atoms with Gasteiger partial charge >= 0.3 is 31.6 Å². The maximum absolute atomic E-state index is 11.5. The summed E-state index contributed by atoms with van der Waals surface area (Å²) in [7, 11) is -3.73. The molecule has 0 spiro atoms. The highest BCUT2D eigenvalue weighted by molar-refractivity contribution is 6.86. The number of hydrogen-bond donors (Lipinski definition) is 0. The molecule has 0 aliphatic heterocycles. The molecule has 0 heterocycles. The van der Waals surface area contributed by atoms with Gasteiger partial charge in [0.1, 0.15) is 0 Å². The summed E-state index contributed by atoms with van der Waals surface area (Å²) in [4.78, 5) is 40.9. The van der Waals surface area contributed by atoms with Gasteiger partial charge in [0.25, 0.3) is 10.8 Å². The van der Waals surface area contributed by atoms with E-state index in [4.69, 9.17) is 0 Å². The van der Waals surface area contributed by atoms with Crippen molar-refractivity contribution in [2.75, 3.05) is 0 Å². The third-order valence-corrected chi connectivity index (χ3v) is 1.48. The molecule has 0 saturated heterocycles. The van der Waals surface area contributed by atoms with E-state index in [0.717, 1.165) is 0 Å². The Morgan fingerprint density at radius 1 is 0.846 bits per heavy atom. The third kappa shape index (κ3) is 3.80. The number of halogens is 2. The molecular formula is C4F2O5Si2.